The second kappa shape index (κ2) is 5.46. The Balaban J connectivity index is 3.51. The summed E-state index contributed by atoms with van der Waals surface area (Å²) in [6.45, 7) is 7.41. The Hall–Kier alpha value is -1.19. The minimum absolute atomic E-state index is 0.0580. The highest BCUT2D eigenvalue weighted by atomic mass is 16.5. The zero-order valence-corrected chi connectivity index (χ0v) is 7.72. The van der Waals surface area contributed by atoms with Gasteiger partial charge in [-0.3, -0.25) is 4.79 Å². The fraction of sp³-hybridized carbons (Fsp3) is 0.625. The molecule has 0 radical (unpaired) electrons. The molecule has 0 bridgehead atoms. The molecular weight excluding hydrogens is 158 g/mol. The molecule has 12 heavy (non-hydrogen) atoms. The van der Waals surface area contributed by atoms with E-state index in [1.165, 1.54) is 7.11 Å². The quantitative estimate of drug-likeness (QED) is 0.489. The lowest BCUT2D eigenvalue weighted by atomic mass is 10.5. The summed E-state index contributed by atoms with van der Waals surface area (Å²) in [5.74, 6) is 0.0407. The third-order valence-corrected chi connectivity index (χ3v) is 1.04. The Morgan fingerprint density at radius 3 is 2.58 bits per heavy atom. The molecule has 0 spiro atoms. The lowest BCUT2D eigenvalue weighted by Crippen LogP contribution is -2.25. The number of ether oxygens (including phenoxy) is 2. The summed E-state index contributed by atoms with van der Waals surface area (Å²) in [5, 5.41) is 2.67. The molecule has 70 valence electrons. The van der Waals surface area contributed by atoms with Crippen LogP contribution >= 0.6 is 0 Å². The van der Waals surface area contributed by atoms with Gasteiger partial charge in [0, 0.05) is 0 Å². The van der Waals surface area contributed by atoms with E-state index in [1.807, 2.05) is 13.8 Å². The molecule has 0 aliphatic rings. The van der Waals surface area contributed by atoms with Crippen LogP contribution in [0.2, 0.25) is 0 Å². The first-order chi connectivity index (χ1) is 5.56. The van der Waals surface area contributed by atoms with E-state index in [1.54, 1.807) is 0 Å². The first-order valence-corrected chi connectivity index (χ1v) is 3.72. The summed E-state index contributed by atoms with van der Waals surface area (Å²) in [5.41, 5.74) is 0. The molecule has 0 aromatic heterocycles. The van der Waals surface area contributed by atoms with Gasteiger partial charge in [-0.15, -0.1) is 0 Å². The third-order valence-electron chi connectivity index (χ3n) is 1.04. The van der Waals surface area contributed by atoms with Crippen LogP contribution < -0.4 is 5.32 Å². The molecular formula is C8H15NO3. The number of esters is 1. The van der Waals surface area contributed by atoms with Crippen LogP contribution in [0.5, 0.6) is 0 Å². The molecule has 0 aliphatic heterocycles. The van der Waals surface area contributed by atoms with Crippen LogP contribution in [0.1, 0.15) is 13.8 Å². The van der Waals surface area contributed by atoms with Crippen molar-refractivity contribution in [3.8, 4) is 0 Å². The van der Waals surface area contributed by atoms with Gasteiger partial charge in [-0.1, -0.05) is 0 Å². The maximum atomic E-state index is 10.6. The smallest absolute Gasteiger partial charge is 0.325 e. The summed E-state index contributed by atoms with van der Waals surface area (Å²) >= 11 is 0. The van der Waals surface area contributed by atoms with Crippen molar-refractivity contribution in [3.05, 3.63) is 12.5 Å². The molecule has 4 nitrogen and oxygen atoms in total. The predicted molar refractivity (Wildman–Crippen MR) is 45.4 cm³/mol. The van der Waals surface area contributed by atoms with Gasteiger partial charge in [0.1, 0.15) is 6.54 Å². The second-order valence-electron chi connectivity index (χ2n) is 2.52. The molecule has 0 aliphatic carbocycles. The van der Waals surface area contributed by atoms with E-state index >= 15 is 0 Å². The second-order valence-corrected chi connectivity index (χ2v) is 2.52. The van der Waals surface area contributed by atoms with Crippen LogP contribution in [-0.4, -0.2) is 25.7 Å². The average molecular weight is 173 g/mol. The maximum Gasteiger partial charge on any atom is 0.325 e. The van der Waals surface area contributed by atoms with Gasteiger partial charge in [-0.25, -0.2) is 0 Å². The highest BCUT2D eigenvalue weighted by Crippen LogP contribution is 1.94. The number of hydrogen-bond donors (Lipinski definition) is 1. The van der Waals surface area contributed by atoms with Gasteiger partial charge in [-0.2, -0.15) is 0 Å². The number of nitrogens with one attached hydrogen (secondary N) is 1. The Kier molecular flexibility index (Phi) is 4.92. The molecule has 0 aromatic rings. The van der Waals surface area contributed by atoms with E-state index in [0.29, 0.717) is 5.88 Å². The van der Waals surface area contributed by atoms with Crippen molar-refractivity contribution in [2.24, 2.45) is 0 Å². The van der Waals surface area contributed by atoms with Crippen molar-refractivity contribution in [2.45, 2.75) is 20.0 Å². The standard InChI is InChI=1S/C8H15NO3/c1-6(2)12-7(3)9-5-8(10)11-4/h6,9H,3,5H2,1-2,4H3. The van der Waals surface area contributed by atoms with E-state index in [-0.39, 0.29) is 18.6 Å². The summed E-state index contributed by atoms with van der Waals surface area (Å²) in [6.07, 6.45) is 0.0580. The molecule has 0 atom stereocenters. The Morgan fingerprint density at radius 1 is 1.58 bits per heavy atom. The molecule has 0 amide bonds. The fourth-order valence-corrected chi connectivity index (χ4v) is 0.569. The average Bonchev–Trinajstić information content (AvgIpc) is 1.99. The Labute approximate surface area is 72.5 Å². The van der Waals surface area contributed by atoms with Gasteiger partial charge >= 0.3 is 5.97 Å². The fourth-order valence-electron chi connectivity index (χ4n) is 0.569. The largest absolute Gasteiger partial charge is 0.477 e. The van der Waals surface area contributed by atoms with Gasteiger partial charge in [0.05, 0.1) is 13.2 Å². The van der Waals surface area contributed by atoms with Crippen molar-refractivity contribution in [3.63, 3.8) is 0 Å². The van der Waals surface area contributed by atoms with Gasteiger partial charge < -0.3 is 14.8 Å². The molecule has 0 aromatic carbocycles. The van der Waals surface area contributed by atoms with Crippen LogP contribution in [0.15, 0.2) is 12.5 Å². The number of carbonyl (C=O) groups is 1. The summed E-state index contributed by atoms with van der Waals surface area (Å²) in [7, 11) is 1.33. The van der Waals surface area contributed by atoms with Crippen LogP contribution in [0.25, 0.3) is 0 Å². The number of hydrogen-bond acceptors (Lipinski definition) is 4. The minimum atomic E-state index is -0.344. The molecule has 0 fully saturated rings. The molecule has 0 heterocycles. The molecule has 0 unspecified atom stereocenters. The lowest BCUT2D eigenvalue weighted by molar-refractivity contribution is -0.139. The number of rotatable bonds is 5. The van der Waals surface area contributed by atoms with Crippen LogP contribution in [0.3, 0.4) is 0 Å². The molecule has 0 rings (SSSR count). The van der Waals surface area contributed by atoms with E-state index in [9.17, 15) is 4.79 Å². The van der Waals surface area contributed by atoms with Crippen molar-refractivity contribution >= 4 is 5.97 Å². The number of methoxy groups -OCH3 is 1. The lowest BCUT2D eigenvalue weighted by Gasteiger charge is -2.12. The highest BCUT2D eigenvalue weighted by molar-refractivity contribution is 5.71. The molecule has 4 heteroatoms. The van der Waals surface area contributed by atoms with Crippen LogP contribution in [0.4, 0.5) is 0 Å². The van der Waals surface area contributed by atoms with Gasteiger partial charge in [0.15, 0.2) is 5.88 Å². The molecule has 1 N–H and O–H groups in total. The van der Waals surface area contributed by atoms with Crippen molar-refractivity contribution in [2.75, 3.05) is 13.7 Å². The van der Waals surface area contributed by atoms with Crippen LogP contribution in [0, 0.1) is 0 Å². The topological polar surface area (TPSA) is 47.6 Å². The van der Waals surface area contributed by atoms with Gasteiger partial charge in [0.25, 0.3) is 0 Å². The van der Waals surface area contributed by atoms with Crippen molar-refractivity contribution < 1.29 is 14.3 Å². The zero-order valence-electron chi connectivity index (χ0n) is 7.72. The Bertz CT molecular complexity index is 166. The van der Waals surface area contributed by atoms with E-state index in [4.69, 9.17) is 4.74 Å². The zero-order chi connectivity index (χ0) is 9.56. The van der Waals surface area contributed by atoms with Crippen LogP contribution in [-0.2, 0) is 14.3 Å². The Morgan fingerprint density at radius 2 is 2.17 bits per heavy atom. The number of carbonyl (C=O) groups excluding carboxylic acids is 1. The normalized spacial score (nSPS) is 9.33. The maximum absolute atomic E-state index is 10.6. The van der Waals surface area contributed by atoms with Gasteiger partial charge in [-0.05, 0) is 20.4 Å². The van der Waals surface area contributed by atoms with E-state index < -0.39 is 0 Å². The van der Waals surface area contributed by atoms with Crippen molar-refractivity contribution in [1.29, 1.82) is 0 Å². The van der Waals surface area contributed by atoms with Crippen molar-refractivity contribution in [1.82, 2.24) is 5.32 Å². The molecule has 0 saturated heterocycles. The van der Waals surface area contributed by atoms with Gasteiger partial charge in [0.2, 0.25) is 0 Å². The summed E-state index contributed by atoms with van der Waals surface area (Å²) in [4.78, 5) is 10.6. The summed E-state index contributed by atoms with van der Waals surface area (Å²) < 4.78 is 9.54. The SMILES string of the molecule is C=C(NCC(=O)OC)OC(C)C. The first kappa shape index (κ1) is 10.8. The highest BCUT2D eigenvalue weighted by Gasteiger charge is 2.01. The molecule has 0 saturated carbocycles. The minimum Gasteiger partial charge on any atom is -0.477 e. The third kappa shape index (κ3) is 5.58. The van der Waals surface area contributed by atoms with E-state index in [0.717, 1.165) is 0 Å². The predicted octanol–water partition coefficient (Wildman–Crippen LogP) is 0.645. The monoisotopic (exact) mass is 173 g/mol. The first-order valence-electron chi connectivity index (χ1n) is 3.72. The van der Waals surface area contributed by atoms with E-state index in [2.05, 4.69) is 16.6 Å². The summed E-state index contributed by atoms with van der Waals surface area (Å²) in [6, 6.07) is 0.